The van der Waals surface area contributed by atoms with E-state index in [9.17, 15) is 14.7 Å². The van der Waals surface area contributed by atoms with Crippen molar-refractivity contribution in [1.82, 2.24) is 0 Å². The third-order valence-corrected chi connectivity index (χ3v) is 7.31. The van der Waals surface area contributed by atoms with Crippen LogP contribution in [0.3, 0.4) is 0 Å². The van der Waals surface area contributed by atoms with Gasteiger partial charge in [0.05, 0.1) is 0 Å². The summed E-state index contributed by atoms with van der Waals surface area (Å²) in [5.74, 6) is -0.713. The van der Waals surface area contributed by atoms with Crippen LogP contribution in [0.2, 0.25) is 0 Å². The average molecular weight is 665 g/mol. The Bertz CT molecular complexity index is 979. The molecule has 0 amide bonds. The Kier molecular flexibility index (Phi) is 35.7. The average Bonchev–Trinajstić information content (AvgIpc) is 3.09. The van der Waals surface area contributed by atoms with E-state index in [2.05, 4.69) is 98.9 Å². The fourth-order valence-corrected chi connectivity index (χ4v) is 4.43. The molecule has 0 bridgehead atoms. The van der Waals surface area contributed by atoms with Gasteiger partial charge in [-0.1, -0.05) is 137 Å². The van der Waals surface area contributed by atoms with E-state index < -0.39 is 6.10 Å². The summed E-state index contributed by atoms with van der Waals surface area (Å²) in [4.78, 5) is 23.8. The van der Waals surface area contributed by atoms with Crippen LogP contribution in [-0.2, 0) is 19.1 Å². The molecule has 0 aliphatic rings. The number of rotatable bonds is 32. The van der Waals surface area contributed by atoms with Crippen molar-refractivity contribution in [2.24, 2.45) is 0 Å². The quantitative estimate of drug-likeness (QED) is 0.0440. The minimum atomic E-state index is -1.02. The smallest absolute Gasteiger partial charge is 0.306 e. The normalized spacial score (nSPS) is 13.3. The number of aliphatic hydroxyl groups is 1. The predicted octanol–water partition coefficient (Wildman–Crippen LogP) is 11.7. The molecule has 5 heteroatoms. The van der Waals surface area contributed by atoms with Gasteiger partial charge in [0.15, 0.2) is 0 Å². The molecule has 0 aliphatic heterocycles. The molecule has 0 fully saturated rings. The van der Waals surface area contributed by atoms with Crippen LogP contribution in [0.5, 0.6) is 0 Å². The maximum Gasteiger partial charge on any atom is 0.306 e. The van der Waals surface area contributed by atoms with Crippen molar-refractivity contribution in [3.63, 3.8) is 0 Å². The summed E-state index contributed by atoms with van der Waals surface area (Å²) in [7, 11) is 0. The molecule has 1 atom stereocenters. The summed E-state index contributed by atoms with van der Waals surface area (Å²) in [5, 5.41) is 9.98. The zero-order valence-corrected chi connectivity index (χ0v) is 30.5. The number of carbonyl (C=O) groups excluding carboxylic acids is 2. The molecule has 0 aliphatic carbocycles. The van der Waals surface area contributed by atoms with Crippen LogP contribution < -0.4 is 0 Å². The van der Waals surface area contributed by atoms with Gasteiger partial charge < -0.3 is 14.6 Å². The van der Waals surface area contributed by atoms with Crippen molar-refractivity contribution in [3.8, 4) is 0 Å². The van der Waals surface area contributed by atoms with Crippen molar-refractivity contribution in [3.05, 3.63) is 97.2 Å². The van der Waals surface area contributed by atoms with Gasteiger partial charge in [-0.25, -0.2) is 0 Å². The van der Waals surface area contributed by atoms with E-state index in [0.29, 0.717) is 12.8 Å². The Labute approximate surface area is 294 Å². The van der Waals surface area contributed by atoms with E-state index in [-0.39, 0.29) is 31.6 Å². The van der Waals surface area contributed by atoms with Gasteiger partial charge in [0.1, 0.15) is 19.3 Å². The molecule has 48 heavy (non-hydrogen) atoms. The van der Waals surface area contributed by atoms with Crippen LogP contribution in [-0.4, -0.2) is 36.4 Å². The molecule has 0 aromatic rings. The highest BCUT2D eigenvalue weighted by atomic mass is 16.6. The van der Waals surface area contributed by atoms with Crippen molar-refractivity contribution >= 4 is 11.9 Å². The molecule has 1 N–H and O–H groups in total. The number of hydrogen-bond acceptors (Lipinski definition) is 5. The monoisotopic (exact) mass is 665 g/mol. The van der Waals surface area contributed by atoms with Crippen LogP contribution in [0.15, 0.2) is 97.2 Å². The lowest BCUT2D eigenvalue weighted by molar-refractivity contribution is -0.152. The lowest BCUT2D eigenvalue weighted by Crippen LogP contribution is -2.25. The number of esters is 2. The number of unbranched alkanes of at least 4 members (excludes halogenated alkanes) is 8. The molecule has 0 spiro atoms. The SMILES string of the molecule is CCCCC/C=C\C/C=C\C/C=C\C/C=C\C/C=C\CCC(=O)OC[C@H](O)COC(=O)CCCC/C=C\C/C=C\C/C=C\CCCCC. The van der Waals surface area contributed by atoms with E-state index >= 15 is 0 Å². The van der Waals surface area contributed by atoms with Crippen LogP contribution in [0.25, 0.3) is 0 Å². The molecule has 0 aromatic carbocycles. The second-order valence-corrected chi connectivity index (χ2v) is 12.0. The highest BCUT2D eigenvalue weighted by Crippen LogP contribution is 2.05. The maximum atomic E-state index is 11.9. The van der Waals surface area contributed by atoms with Crippen molar-refractivity contribution in [1.29, 1.82) is 0 Å². The molecule has 0 heterocycles. The number of carbonyl (C=O) groups is 2. The highest BCUT2D eigenvalue weighted by Gasteiger charge is 2.11. The highest BCUT2D eigenvalue weighted by molar-refractivity contribution is 5.70. The standard InChI is InChI=1S/C43H68O5/c1-3-5-7-9-11-13-15-17-19-20-21-22-24-26-28-30-32-34-36-38-43(46)48-40-41(44)39-47-42(45)37-35-33-31-29-27-25-23-18-16-14-12-10-8-6-4-2/h11-14,17-19,21-23,26-29,32,34,41,44H,3-10,15-16,20,24-25,30-31,33,35-40H2,1-2H3/b13-11-,14-12-,19-17-,22-21-,23-18-,28-26-,29-27-,34-32-/t41-/m1/s1. The van der Waals surface area contributed by atoms with E-state index in [0.717, 1.165) is 57.8 Å². The van der Waals surface area contributed by atoms with Crippen molar-refractivity contribution in [2.45, 2.75) is 148 Å². The van der Waals surface area contributed by atoms with Crippen LogP contribution in [0.4, 0.5) is 0 Å². The van der Waals surface area contributed by atoms with Gasteiger partial charge in [0.2, 0.25) is 0 Å². The predicted molar refractivity (Wildman–Crippen MR) is 205 cm³/mol. The van der Waals surface area contributed by atoms with Crippen LogP contribution >= 0.6 is 0 Å². The number of ether oxygens (including phenoxy) is 2. The molecule has 0 rings (SSSR count). The Morgan fingerprint density at radius 2 is 0.750 bits per heavy atom. The molecule has 0 radical (unpaired) electrons. The fourth-order valence-electron chi connectivity index (χ4n) is 4.43. The zero-order valence-electron chi connectivity index (χ0n) is 30.5. The molecule has 0 saturated carbocycles. The summed E-state index contributed by atoms with van der Waals surface area (Å²) in [6.07, 6.45) is 53.2. The minimum absolute atomic E-state index is 0.165. The summed E-state index contributed by atoms with van der Waals surface area (Å²) in [5.41, 5.74) is 0. The largest absolute Gasteiger partial charge is 0.463 e. The van der Waals surface area contributed by atoms with E-state index in [1.54, 1.807) is 0 Å². The molecule has 0 saturated heterocycles. The van der Waals surface area contributed by atoms with Crippen LogP contribution in [0, 0.1) is 0 Å². The molecular formula is C43H68O5. The number of allylic oxidation sites excluding steroid dienone is 16. The molecule has 0 unspecified atom stereocenters. The second kappa shape index (κ2) is 38.3. The van der Waals surface area contributed by atoms with Gasteiger partial charge in [-0.15, -0.1) is 0 Å². The van der Waals surface area contributed by atoms with Gasteiger partial charge in [-0.2, -0.15) is 0 Å². The second-order valence-electron chi connectivity index (χ2n) is 12.0. The van der Waals surface area contributed by atoms with Gasteiger partial charge in [0.25, 0.3) is 0 Å². The Morgan fingerprint density at radius 3 is 1.12 bits per heavy atom. The third-order valence-electron chi connectivity index (χ3n) is 7.31. The first-order valence-corrected chi connectivity index (χ1v) is 18.8. The minimum Gasteiger partial charge on any atom is -0.463 e. The Hall–Kier alpha value is -3.18. The molecule has 0 aromatic heterocycles. The summed E-state index contributed by atoms with van der Waals surface area (Å²) in [6.45, 7) is 4.12. The molecule has 5 nitrogen and oxygen atoms in total. The summed E-state index contributed by atoms with van der Waals surface area (Å²) in [6, 6.07) is 0. The lowest BCUT2D eigenvalue weighted by Gasteiger charge is -2.11. The number of hydrogen-bond donors (Lipinski definition) is 1. The summed E-state index contributed by atoms with van der Waals surface area (Å²) >= 11 is 0. The van der Waals surface area contributed by atoms with Crippen molar-refractivity contribution < 1.29 is 24.2 Å². The Morgan fingerprint density at radius 1 is 0.438 bits per heavy atom. The van der Waals surface area contributed by atoms with Gasteiger partial charge in [-0.05, 0) is 89.9 Å². The van der Waals surface area contributed by atoms with E-state index in [1.165, 1.54) is 51.4 Å². The molecular weight excluding hydrogens is 596 g/mol. The van der Waals surface area contributed by atoms with Gasteiger partial charge in [-0.3, -0.25) is 9.59 Å². The first kappa shape index (κ1) is 44.8. The third kappa shape index (κ3) is 37.3. The first-order chi connectivity index (χ1) is 23.6. The van der Waals surface area contributed by atoms with Gasteiger partial charge in [0, 0.05) is 12.8 Å². The fraction of sp³-hybridized carbons (Fsp3) is 0.581. The number of aliphatic hydroxyl groups excluding tert-OH is 1. The topological polar surface area (TPSA) is 72.8 Å². The van der Waals surface area contributed by atoms with Gasteiger partial charge >= 0.3 is 11.9 Å². The maximum absolute atomic E-state index is 11.9. The van der Waals surface area contributed by atoms with E-state index in [1.807, 2.05) is 12.2 Å². The lowest BCUT2D eigenvalue weighted by atomic mass is 10.1. The zero-order chi connectivity index (χ0) is 35.0. The Balaban J connectivity index is 3.68. The summed E-state index contributed by atoms with van der Waals surface area (Å²) < 4.78 is 10.2. The van der Waals surface area contributed by atoms with Crippen molar-refractivity contribution in [2.75, 3.05) is 13.2 Å². The molecule has 270 valence electrons. The first-order valence-electron chi connectivity index (χ1n) is 18.8. The van der Waals surface area contributed by atoms with E-state index in [4.69, 9.17) is 9.47 Å². The van der Waals surface area contributed by atoms with Crippen LogP contribution in [0.1, 0.15) is 142 Å².